The van der Waals surface area contributed by atoms with Gasteiger partial charge >= 0.3 is 0 Å². The molecule has 2 aromatic carbocycles. The number of hydrogen-bond donors (Lipinski definition) is 2. The second kappa shape index (κ2) is 9.52. The second-order valence-electron chi connectivity index (χ2n) is 7.62. The Balaban J connectivity index is 1.56. The van der Waals surface area contributed by atoms with E-state index in [9.17, 15) is 13.2 Å². The molecule has 29 heavy (non-hydrogen) atoms. The number of Topliss-reactive ketones (excluding diaryl/α,β-unsaturated/α-hetero) is 1. The quantitative estimate of drug-likeness (QED) is 0.582. The van der Waals surface area contributed by atoms with Gasteiger partial charge in [-0.05, 0) is 80.1 Å². The maximum absolute atomic E-state index is 12.3. The SMILES string of the molecule is NCCCC(N)C(=O)Cc1ccc(Oc2ccc(S(=O)(=O)CC3CC3)cc2)cc1. The maximum atomic E-state index is 12.3. The first-order valence-corrected chi connectivity index (χ1v) is 11.6. The van der Waals surface area contributed by atoms with Gasteiger partial charge in [0, 0.05) is 6.42 Å². The lowest BCUT2D eigenvalue weighted by atomic mass is 10.0. The molecule has 156 valence electrons. The van der Waals surface area contributed by atoms with Crippen molar-refractivity contribution in [2.24, 2.45) is 17.4 Å². The van der Waals surface area contributed by atoms with Crippen LogP contribution in [0.4, 0.5) is 0 Å². The van der Waals surface area contributed by atoms with Crippen LogP contribution in [0.5, 0.6) is 11.5 Å². The van der Waals surface area contributed by atoms with Crippen molar-refractivity contribution in [1.29, 1.82) is 0 Å². The van der Waals surface area contributed by atoms with Gasteiger partial charge in [-0.15, -0.1) is 0 Å². The minimum absolute atomic E-state index is 0.00452. The van der Waals surface area contributed by atoms with Crippen molar-refractivity contribution in [2.75, 3.05) is 12.3 Å². The molecule has 2 aromatic rings. The van der Waals surface area contributed by atoms with E-state index in [1.165, 1.54) is 0 Å². The van der Waals surface area contributed by atoms with E-state index in [0.717, 1.165) is 24.8 Å². The predicted octanol–water partition coefficient (Wildman–Crippen LogP) is 2.84. The van der Waals surface area contributed by atoms with Gasteiger partial charge < -0.3 is 16.2 Å². The van der Waals surface area contributed by atoms with Crippen molar-refractivity contribution in [3.8, 4) is 11.5 Å². The molecule has 0 spiro atoms. The van der Waals surface area contributed by atoms with E-state index in [4.69, 9.17) is 16.2 Å². The van der Waals surface area contributed by atoms with Gasteiger partial charge in [0.25, 0.3) is 0 Å². The summed E-state index contributed by atoms with van der Waals surface area (Å²) < 4.78 is 30.4. The molecule has 6 nitrogen and oxygen atoms in total. The summed E-state index contributed by atoms with van der Waals surface area (Å²) in [4.78, 5) is 12.5. The Morgan fingerprint density at radius 1 is 1.03 bits per heavy atom. The molecule has 4 N–H and O–H groups in total. The molecule has 0 aromatic heterocycles. The van der Waals surface area contributed by atoms with Crippen LogP contribution in [0, 0.1) is 5.92 Å². The van der Waals surface area contributed by atoms with Crippen molar-refractivity contribution in [3.63, 3.8) is 0 Å². The Morgan fingerprint density at radius 2 is 1.62 bits per heavy atom. The number of hydrogen-bond acceptors (Lipinski definition) is 6. The second-order valence-corrected chi connectivity index (χ2v) is 9.66. The lowest BCUT2D eigenvalue weighted by molar-refractivity contribution is -0.119. The van der Waals surface area contributed by atoms with Crippen LogP contribution in [-0.4, -0.2) is 32.5 Å². The highest BCUT2D eigenvalue weighted by molar-refractivity contribution is 7.91. The van der Waals surface area contributed by atoms with Gasteiger partial charge in [-0.3, -0.25) is 4.79 Å². The van der Waals surface area contributed by atoms with E-state index in [2.05, 4.69) is 0 Å². The zero-order chi connectivity index (χ0) is 20.9. The molecule has 1 unspecified atom stereocenters. The zero-order valence-electron chi connectivity index (χ0n) is 16.4. The zero-order valence-corrected chi connectivity index (χ0v) is 17.2. The van der Waals surface area contributed by atoms with Crippen LogP contribution < -0.4 is 16.2 Å². The molecule has 0 radical (unpaired) electrons. The largest absolute Gasteiger partial charge is 0.457 e. The normalized spacial score (nSPS) is 15.1. The van der Waals surface area contributed by atoms with Gasteiger partial charge in [0.15, 0.2) is 15.6 Å². The van der Waals surface area contributed by atoms with Gasteiger partial charge in [-0.2, -0.15) is 0 Å². The third kappa shape index (κ3) is 6.39. The first kappa shape index (κ1) is 21.5. The summed E-state index contributed by atoms with van der Waals surface area (Å²) in [5.74, 6) is 1.71. The molecule has 3 rings (SSSR count). The minimum atomic E-state index is -3.22. The molecule has 1 aliphatic rings. The Hall–Kier alpha value is -2.22. The summed E-state index contributed by atoms with van der Waals surface area (Å²) in [5.41, 5.74) is 12.2. The first-order valence-electron chi connectivity index (χ1n) is 9.95. The maximum Gasteiger partial charge on any atom is 0.178 e. The molecular weight excluding hydrogens is 388 g/mol. The molecule has 0 heterocycles. The lowest BCUT2D eigenvalue weighted by Gasteiger charge is -2.11. The Bertz CT molecular complexity index is 920. The lowest BCUT2D eigenvalue weighted by Crippen LogP contribution is -2.32. The molecule has 0 amide bonds. The number of carbonyl (C=O) groups excluding carboxylic acids is 1. The van der Waals surface area contributed by atoms with Crippen molar-refractivity contribution < 1.29 is 17.9 Å². The molecule has 1 fully saturated rings. The number of nitrogens with two attached hydrogens (primary N) is 2. The van der Waals surface area contributed by atoms with E-state index in [0.29, 0.717) is 35.3 Å². The molecular formula is C22H28N2O4S. The molecule has 1 aliphatic carbocycles. The fourth-order valence-electron chi connectivity index (χ4n) is 3.05. The van der Waals surface area contributed by atoms with E-state index < -0.39 is 15.9 Å². The molecule has 1 atom stereocenters. The third-order valence-electron chi connectivity index (χ3n) is 5.01. The smallest absolute Gasteiger partial charge is 0.178 e. The molecule has 0 aliphatic heterocycles. The van der Waals surface area contributed by atoms with Crippen LogP contribution in [0.15, 0.2) is 53.4 Å². The highest BCUT2D eigenvalue weighted by Gasteiger charge is 2.29. The average Bonchev–Trinajstić information content (AvgIpc) is 3.51. The van der Waals surface area contributed by atoms with Gasteiger partial charge in [-0.25, -0.2) is 8.42 Å². The van der Waals surface area contributed by atoms with Crippen molar-refractivity contribution >= 4 is 15.6 Å². The number of benzene rings is 2. The summed E-state index contributed by atoms with van der Waals surface area (Å²) in [5, 5.41) is 0. The highest BCUT2D eigenvalue weighted by Crippen LogP contribution is 2.32. The number of ketones is 1. The highest BCUT2D eigenvalue weighted by atomic mass is 32.2. The molecule has 7 heteroatoms. The molecule has 1 saturated carbocycles. The van der Waals surface area contributed by atoms with Gasteiger partial charge in [0.1, 0.15) is 11.5 Å². The van der Waals surface area contributed by atoms with Crippen molar-refractivity contribution in [3.05, 3.63) is 54.1 Å². The number of carbonyl (C=O) groups is 1. The number of rotatable bonds is 11. The summed E-state index contributed by atoms with van der Waals surface area (Å²) in [6, 6.07) is 13.2. The predicted molar refractivity (Wildman–Crippen MR) is 113 cm³/mol. The standard InChI is InChI=1S/C22H28N2O4S/c23-13-1-2-21(24)22(25)14-16-5-7-18(8-6-16)28-19-9-11-20(12-10-19)29(26,27)15-17-3-4-17/h5-12,17,21H,1-4,13-15,23-24H2. The summed E-state index contributed by atoms with van der Waals surface area (Å²) in [6.45, 7) is 0.528. The topological polar surface area (TPSA) is 112 Å². The number of ether oxygens (including phenoxy) is 1. The van der Waals surface area contributed by atoms with Crippen LogP contribution in [-0.2, 0) is 21.1 Å². The average molecular weight is 417 g/mol. The van der Waals surface area contributed by atoms with Crippen molar-refractivity contribution in [1.82, 2.24) is 0 Å². The fourth-order valence-corrected chi connectivity index (χ4v) is 4.75. The summed E-state index contributed by atoms with van der Waals surface area (Å²) in [7, 11) is -3.22. The van der Waals surface area contributed by atoms with Crippen LogP contribution in [0.25, 0.3) is 0 Å². The number of sulfone groups is 1. The molecule has 0 saturated heterocycles. The van der Waals surface area contributed by atoms with E-state index in [1.807, 2.05) is 12.1 Å². The summed E-state index contributed by atoms with van der Waals surface area (Å²) >= 11 is 0. The van der Waals surface area contributed by atoms with Gasteiger partial charge in [-0.1, -0.05) is 12.1 Å². The van der Waals surface area contributed by atoms with Crippen LogP contribution in [0.2, 0.25) is 0 Å². The van der Waals surface area contributed by atoms with Gasteiger partial charge in [0.2, 0.25) is 0 Å². The fraction of sp³-hybridized carbons (Fsp3) is 0.409. The summed E-state index contributed by atoms with van der Waals surface area (Å²) in [6.07, 6.45) is 3.62. The Labute approximate surface area is 172 Å². The van der Waals surface area contributed by atoms with E-state index in [1.54, 1.807) is 36.4 Å². The van der Waals surface area contributed by atoms with Crippen molar-refractivity contribution in [2.45, 2.75) is 43.0 Å². The minimum Gasteiger partial charge on any atom is -0.457 e. The van der Waals surface area contributed by atoms with Crippen LogP contribution >= 0.6 is 0 Å². The van der Waals surface area contributed by atoms with E-state index >= 15 is 0 Å². The first-order chi connectivity index (χ1) is 13.9. The molecule has 0 bridgehead atoms. The Morgan fingerprint density at radius 3 is 2.17 bits per heavy atom. The Kier molecular flexibility index (Phi) is 7.05. The van der Waals surface area contributed by atoms with Crippen LogP contribution in [0.1, 0.15) is 31.2 Å². The van der Waals surface area contributed by atoms with Gasteiger partial charge in [0.05, 0.1) is 16.7 Å². The van der Waals surface area contributed by atoms with Crippen LogP contribution in [0.3, 0.4) is 0 Å². The monoisotopic (exact) mass is 416 g/mol. The third-order valence-corrected chi connectivity index (χ3v) is 6.91. The van der Waals surface area contributed by atoms with E-state index in [-0.39, 0.29) is 18.0 Å².